The SMILES string of the molecule is C=C1CCC(N2Cc3cc(OCCOCCOCCOc4ccc(C5c6ccc(O)cc6OCC5c5ccccc5)cc4)ccc3C2=O)C(=O)N1. The van der Waals surface area contributed by atoms with E-state index in [1.165, 1.54) is 5.56 Å². The summed E-state index contributed by atoms with van der Waals surface area (Å²) in [4.78, 5) is 27.0. The molecule has 3 heterocycles. The third-order valence-electron chi connectivity index (χ3n) is 9.59. The number of amides is 2. The van der Waals surface area contributed by atoms with Crippen LogP contribution in [0.1, 0.15) is 57.3 Å². The highest BCUT2D eigenvalue weighted by molar-refractivity contribution is 6.01. The Hall–Kier alpha value is -5.32. The number of piperidine rings is 1. The van der Waals surface area contributed by atoms with Gasteiger partial charge in [-0.25, -0.2) is 0 Å². The summed E-state index contributed by atoms with van der Waals surface area (Å²) in [5, 5.41) is 12.8. The van der Waals surface area contributed by atoms with Gasteiger partial charge in [0.15, 0.2) is 0 Å². The van der Waals surface area contributed by atoms with Crippen molar-refractivity contribution in [2.75, 3.05) is 46.2 Å². The first-order chi connectivity index (χ1) is 24.9. The van der Waals surface area contributed by atoms with Crippen molar-refractivity contribution in [3.63, 3.8) is 0 Å². The number of hydrogen-bond donors (Lipinski definition) is 2. The maximum absolute atomic E-state index is 12.9. The maximum atomic E-state index is 12.9. The van der Waals surface area contributed by atoms with Crippen molar-refractivity contribution in [2.24, 2.45) is 0 Å². The van der Waals surface area contributed by atoms with Crippen LogP contribution in [-0.4, -0.2) is 74.1 Å². The zero-order valence-corrected chi connectivity index (χ0v) is 28.4. The van der Waals surface area contributed by atoms with Crippen LogP contribution in [0.2, 0.25) is 0 Å². The summed E-state index contributed by atoms with van der Waals surface area (Å²) in [5.41, 5.74) is 5.56. The number of rotatable bonds is 14. The van der Waals surface area contributed by atoms with Crippen LogP contribution in [-0.2, 0) is 20.8 Å². The molecule has 10 heteroatoms. The third kappa shape index (κ3) is 7.87. The molecule has 3 atom stereocenters. The van der Waals surface area contributed by atoms with Crippen molar-refractivity contribution in [3.05, 3.63) is 131 Å². The minimum Gasteiger partial charge on any atom is -0.508 e. The molecule has 0 spiro atoms. The molecule has 0 radical (unpaired) electrons. The van der Waals surface area contributed by atoms with E-state index in [0.717, 1.165) is 22.4 Å². The smallest absolute Gasteiger partial charge is 0.255 e. The number of allylic oxidation sites excluding steroid dienone is 1. The van der Waals surface area contributed by atoms with Crippen LogP contribution in [0.25, 0.3) is 0 Å². The van der Waals surface area contributed by atoms with Gasteiger partial charge < -0.3 is 39.0 Å². The quantitative estimate of drug-likeness (QED) is 0.156. The third-order valence-corrected chi connectivity index (χ3v) is 9.59. The largest absolute Gasteiger partial charge is 0.508 e. The molecule has 2 N–H and O–H groups in total. The molecule has 4 aromatic carbocycles. The van der Waals surface area contributed by atoms with Gasteiger partial charge in [-0.15, -0.1) is 0 Å². The van der Waals surface area contributed by atoms with Crippen molar-refractivity contribution in [2.45, 2.75) is 37.3 Å². The van der Waals surface area contributed by atoms with E-state index in [4.69, 9.17) is 23.7 Å². The van der Waals surface area contributed by atoms with E-state index in [1.54, 1.807) is 29.2 Å². The highest BCUT2D eigenvalue weighted by Crippen LogP contribution is 2.47. The number of carbonyl (C=O) groups is 2. The van der Waals surface area contributed by atoms with Crippen LogP contribution < -0.4 is 19.5 Å². The predicted molar refractivity (Wildman–Crippen MR) is 190 cm³/mol. The molecule has 51 heavy (non-hydrogen) atoms. The average Bonchev–Trinajstić information content (AvgIpc) is 3.47. The number of nitrogens with one attached hydrogen (secondary N) is 1. The summed E-state index contributed by atoms with van der Waals surface area (Å²) in [6, 6.07) is 28.8. The monoisotopic (exact) mass is 690 g/mol. The highest BCUT2D eigenvalue weighted by Gasteiger charge is 2.38. The van der Waals surface area contributed by atoms with E-state index in [0.29, 0.717) is 88.4 Å². The summed E-state index contributed by atoms with van der Waals surface area (Å²) >= 11 is 0. The normalized spacial score (nSPS) is 19.6. The van der Waals surface area contributed by atoms with Gasteiger partial charge in [0.25, 0.3) is 5.91 Å². The zero-order valence-electron chi connectivity index (χ0n) is 28.4. The summed E-state index contributed by atoms with van der Waals surface area (Å²) in [7, 11) is 0. The standard InChI is InChI=1S/C41H42N2O8/c1-27-7-16-37(40(45)42-27)43-25-30-23-33(13-15-34(30)41(43)46)50-22-20-48-18-17-47-19-21-49-32-11-8-29(9-12-32)39-35-14-10-31(44)24-38(35)51-26-36(39)28-5-3-2-4-6-28/h2-6,8-15,23-24,36-37,39,44H,1,7,16-22,25-26H2,(H,42,45). The Morgan fingerprint density at radius 3 is 2.25 bits per heavy atom. The van der Waals surface area contributed by atoms with Gasteiger partial charge in [-0.3, -0.25) is 9.59 Å². The first kappa shape index (κ1) is 34.1. The number of fused-ring (bicyclic) bond motifs is 2. The molecular formula is C41H42N2O8. The molecule has 0 saturated carbocycles. The molecule has 3 aliphatic heterocycles. The topological polar surface area (TPSA) is 116 Å². The predicted octanol–water partition coefficient (Wildman–Crippen LogP) is 5.94. The lowest BCUT2D eigenvalue weighted by molar-refractivity contribution is -0.126. The van der Waals surface area contributed by atoms with Crippen molar-refractivity contribution in [3.8, 4) is 23.0 Å². The fourth-order valence-corrected chi connectivity index (χ4v) is 7.05. The van der Waals surface area contributed by atoms with Crippen LogP contribution in [0.5, 0.6) is 23.0 Å². The lowest BCUT2D eigenvalue weighted by atomic mass is 9.76. The Kier molecular flexibility index (Phi) is 10.5. The highest BCUT2D eigenvalue weighted by atomic mass is 16.6. The molecule has 7 rings (SSSR count). The summed E-state index contributed by atoms with van der Waals surface area (Å²) < 4.78 is 29.2. The molecule has 264 valence electrons. The Morgan fingerprint density at radius 2 is 1.51 bits per heavy atom. The summed E-state index contributed by atoms with van der Waals surface area (Å²) in [5.74, 6) is 2.22. The number of hydrogen-bond acceptors (Lipinski definition) is 8. The van der Waals surface area contributed by atoms with Gasteiger partial charge in [0.2, 0.25) is 5.91 Å². The molecule has 3 aliphatic rings. The van der Waals surface area contributed by atoms with Crippen LogP contribution >= 0.6 is 0 Å². The molecule has 0 aromatic heterocycles. The summed E-state index contributed by atoms with van der Waals surface area (Å²) in [6.07, 6.45) is 1.24. The molecular weight excluding hydrogens is 648 g/mol. The Labute approximate surface area is 297 Å². The van der Waals surface area contributed by atoms with E-state index in [2.05, 4.69) is 36.2 Å². The van der Waals surface area contributed by atoms with E-state index < -0.39 is 6.04 Å². The number of phenols is 1. The van der Waals surface area contributed by atoms with Crippen LogP contribution in [0.4, 0.5) is 0 Å². The van der Waals surface area contributed by atoms with E-state index in [1.807, 2.05) is 42.5 Å². The fraction of sp³-hybridized carbons (Fsp3) is 0.317. The fourth-order valence-electron chi connectivity index (χ4n) is 7.05. The van der Waals surface area contributed by atoms with Gasteiger partial charge in [0, 0.05) is 41.3 Å². The minimum absolute atomic E-state index is 0.0725. The molecule has 2 amide bonds. The number of aromatic hydroxyl groups is 1. The molecule has 3 unspecified atom stereocenters. The second kappa shape index (κ2) is 15.7. The Morgan fingerprint density at radius 1 is 0.804 bits per heavy atom. The van der Waals surface area contributed by atoms with Crippen molar-refractivity contribution < 1.29 is 38.4 Å². The van der Waals surface area contributed by atoms with Crippen LogP contribution in [0, 0.1) is 0 Å². The van der Waals surface area contributed by atoms with Gasteiger partial charge in [0.05, 0.1) is 33.0 Å². The van der Waals surface area contributed by atoms with Crippen molar-refractivity contribution in [1.29, 1.82) is 0 Å². The number of carbonyl (C=O) groups excluding carboxylic acids is 2. The minimum atomic E-state index is -0.484. The van der Waals surface area contributed by atoms with Crippen molar-refractivity contribution >= 4 is 11.8 Å². The van der Waals surface area contributed by atoms with Gasteiger partial charge in [-0.1, -0.05) is 55.1 Å². The van der Waals surface area contributed by atoms with Crippen LogP contribution in [0.3, 0.4) is 0 Å². The number of nitrogens with zero attached hydrogens (tertiary/aromatic N) is 1. The first-order valence-corrected chi connectivity index (χ1v) is 17.4. The average molecular weight is 691 g/mol. The van der Waals surface area contributed by atoms with Gasteiger partial charge >= 0.3 is 0 Å². The second-order valence-electron chi connectivity index (χ2n) is 12.9. The molecule has 4 aromatic rings. The van der Waals surface area contributed by atoms with Crippen molar-refractivity contribution in [1.82, 2.24) is 10.2 Å². The molecule has 0 bridgehead atoms. The van der Waals surface area contributed by atoms with Gasteiger partial charge in [-0.05, 0) is 65.9 Å². The summed E-state index contributed by atoms with van der Waals surface area (Å²) in [6.45, 7) is 7.17. The van der Waals surface area contributed by atoms with Crippen LogP contribution in [0.15, 0.2) is 103 Å². The first-order valence-electron chi connectivity index (χ1n) is 17.4. The second-order valence-corrected chi connectivity index (χ2v) is 12.9. The molecule has 1 fully saturated rings. The molecule has 10 nitrogen and oxygen atoms in total. The lowest BCUT2D eigenvalue weighted by Crippen LogP contribution is -2.49. The Bertz CT molecular complexity index is 1860. The van der Waals surface area contributed by atoms with E-state index in [9.17, 15) is 14.7 Å². The lowest BCUT2D eigenvalue weighted by Gasteiger charge is -2.34. The van der Waals surface area contributed by atoms with Gasteiger partial charge in [-0.2, -0.15) is 0 Å². The van der Waals surface area contributed by atoms with Gasteiger partial charge in [0.1, 0.15) is 42.3 Å². The number of phenolic OH excluding ortho intramolecular Hbond substituents is 1. The van der Waals surface area contributed by atoms with E-state index in [-0.39, 0.29) is 29.4 Å². The maximum Gasteiger partial charge on any atom is 0.255 e. The molecule has 1 saturated heterocycles. The number of ether oxygens (including phenoxy) is 5. The zero-order chi connectivity index (χ0) is 35.2. The number of benzene rings is 4. The molecule has 0 aliphatic carbocycles. The Balaban J connectivity index is 0.804. The van der Waals surface area contributed by atoms with E-state index >= 15 is 0 Å².